The number of amides is 3. The van der Waals surface area contributed by atoms with E-state index in [1.807, 2.05) is 6.92 Å². The number of hydrogen-bond donors (Lipinski definition) is 2. The normalized spacial score (nSPS) is 17.0. The molecule has 0 saturated carbocycles. The van der Waals surface area contributed by atoms with Crippen LogP contribution in [0.1, 0.15) is 25.3 Å². The molecule has 0 fully saturated rings. The lowest BCUT2D eigenvalue weighted by Gasteiger charge is -2.21. The van der Waals surface area contributed by atoms with E-state index >= 15 is 0 Å². The number of carbonyl (C=O) groups is 3. The summed E-state index contributed by atoms with van der Waals surface area (Å²) in [6.45, 7) is 2.14. The zero-order valence-corrected chi connectivity index (χ0v) is 14.4. The summed E-state index contributed by atoms with van der Waals surface area (Å²) in [5.74, 6) is -0.505. The van der Waals surface area contributed by atoms with E-state index in [1.165, 1.54) is 7.11 Å². The number of ether oxygens (including phenoxy) is 1. The van der Waals surface area contributed by atoms with E-state index in [-0.39, 0.29) is 30.8 Å². The fraction of sp³-hybridized carbons (Fsp3) is 0.375. The molecule has 0 radical (unpaired) electrons. The molecule has 1 unspecified atom stereocenters. The van der Waals surface area contributed by atoms with Crippen LogP contribution < -0.4 is 10.3 Å². The molecule has 3 amide bonds. The number of methoxy groups -OCH3 is 1. The highest BCUT2D eigenvalue weighted by Gasteiger charge is 2.23. The summed E-state index contributed by atoms with van der Waals surface area (Å²) in [7, 11) is 1.49. The summed E-state index contributed by atoms with van der Waals surface area (Å²) in [5, 5.41) is 3.43. The van der Waals surface area contributed by atoms with E-state index in [0.29, 0.717) is 12.1 Å². The van der Waals surface area contributed by atoms with E-state index < -0.39 is 5.24 Å². The summed E-state index contributed by atoms with van der Waals surface area (Å²) in [6, 6.07) is 6.82. The number of hydrazone groups is 1. The highest BCUT2D eigenvalue weighted by molar-refractivity contribution is 7.97. The fourth-order valence-corrected chi connectivity index (χ4v) is 2.67. The molecule has 1 aromatic rings. The molecule has 0 aliphatic carbocycles. The molecule has 1 atom stereocenters. The number of carbonyl (C=O) groups excluding carboxylic acids is 3. The number of imide groups is 1. The van der Waals surface area contributed by atoms with Crippen LogP contribution in [0, 0.1) is 5.92 Å². The Morgan fingerprint density at radius 3 is 2.58 bits per heavy atom. The van der Waals surface area contributed by atoms with Gasteiger partial charge in [0.1, 0.15) is 0 Å². The Balaban J connectivity index is 2.22. The molecule has 0 spiro atoms. The van der Waals surface area contributed by atoms with Gasteiger partial charge in [-0.05, 0) is 17.7 Å². The Kier molecular flexibility index (Phi) is 6.10. The molecule has 7 nitrogen and oxygen atoms in total. The van der Waals surface area contributed by atoms with Gasteiger partial charge in [-0.1, -0.05) is 31.7 Å². The highest BCUT2D eigenvalue weighted by Crippen LogP contribution is 2.22. The molecule has 128 valence electrons. The van der Waals surface area contributed by atoms with Crippen molar-refractivity contribution in [2.75, 3.05) is 18.6 Å². The van der Waals surface area contributed by atoms with Gasteiger partial charge in [0, 0.05) is 19.4 Å². The summed E-state index contributed by atoms with van der Waals surface area (Å²) in [5.41, 5.74) is 4.47. The fourth-order valence-electron chi connectivity index (χ4n) is 2.45. The van der Waals surface area contributed by atoms with Gasteiger partial charge in [0.05, 0.1) is 24.4 Å². The van der Waals surface area contributed by atoms with Crippen LogP contribution in [-0.2, 0) is 14.3 Å². The second-order valence-electron chi connectivity index (χ2n) is 5.44. The van der Waals surface area contributed by atoms with Crippen molar-refractivity contribution in [1.29, 1.82) is 0 Å². The largest absolute Gasteiger partial charge is 0.384 e. The van der Waals surface area contributed by atoms with Crippen LogP contribution >= 0.6 is 12.6 Å². The minimum absolute atomic E-state index is 0.00412. The zero-order valence-electron chi connectivity index (χ0n) is 13.5. The molecule has 8 heteroatoms. The van der Waals surface area contributed by atoms with Gasteiger partial charge in [0.15, 0.2) is 0 Å². The van der Waals surface area contributed by atoms with Crippen LogP contribution in [0.25, 0.3) is 0 Å². The lowest BCUT2D eigenvalue weighted by atomic mass is 9.94. The first-order valence-electron chi connectivity index (χ1n) is 7.45. The summed E-state index contributed by atoms with van der Waals surface area (Å²) in [4.78, 5) is 36.1. The van der Waals surface area contributed by atoms with Gasteiger partial charge in [0.25, 0.3) is 5.24 Å². The van der Waals surface area contributed by atoms with Crippen molar-refractivity contribution in [3.8, 4) is 0 Å². The lowest BCUT2D eigenvalue weighted by molar-refractivity contribution is -0.122. The van der Waals surface area contributed by atoms with Gasteiger partial charge in [-0.25, -0.2) is 10.3 Å². The van der Waals surface area contributed by atoms with Crippen molar-refractivity contribution in [1.82, 2.24) is 5.43 Å². The Labute approximate surface area is 145 Å². The maximum atomic E-state index is 12.1. The van der Waals surface area contributed by atoms with Gasteiger partial charge < -0.3 is 4.74 Å². The molecule has 0 aromatic heterocycles. The average Bonchev–Trinajstić information content (AvgIpc) is 2.53. The van der Waals surface area contributed by atoms with Crippen LogP contribution in [-0.4, -0.2) is 36.5 Å². The third kappa shape index (κ3) is 4.21. The first kappa shape index (κ1) is 18.2. The Morgan fingerprint density at radius 2 is 2.04 bits per heavy atom. The van der Waals surface area contributed by atoms with Crippen LogP contribution in [0.2, 0.25) is 0 Å². The molecule has 24 heavy (non-hydrogen) atoms. The molecule has 1 heterocycles. The minimum atomic E-state index is -0.653. The second kappa shape index (κ2) is 8.07. The van der Waals surface area contributed by atoms with Crippen molar-refractivity contribution in [3.05, 3.63) is 29.8 Å². The third-order valence-corrected chi connectivity index (χ3v) is 3.84. The quantitative estimate of drug-likeness (QED) is 0.796. The first-order valence-corrected chi connectivity index (χ1v) is 7.90. The van der Waals surface area contributed by atoms with E-state index in [2.05, 4.69) is 23.2 Å². The van der Waals surface area contributed by atoms with Gasteiger partial charge in [0.2, 0.25) is 11.8 Å². The van der Waals surface area contributed by atoms with E-state index in [4.69, 9.17) is 4.74 Å². The summed E-state index contributed by atoms with van der Waals surface area (Å²) < 4.78 is 4.86. The molecule has 0 bridgehead atoms. The number of thiol groups is 1. The van der Waals surface area contributed by atoms with Gasteiger partial charge >= 0.3 is 0 Å². The molecular weight excluding hydrogens is 330 g/mol. The van der Waals surface area contributed by atoms with Crippen molar-refractivity contribution in [3.63, 3.8) is 0 Å². The summed E-state index contributed by atoms with van der Waals surface area (Å²) >= 11 is 3.77. The lowest BCUT2D eigenvalue weighted by Crippen LogP contribution is -2.34. The van der Waals surface area contributed by atoms with Crippen LogP contribution in [0.4, 0.5) is 10.5 Å². The Morgan fingerprint density at radius 1 is 1.38 bits per heavy atom. The second-order valence-corrected chi connectivity index (χ2v) is 5.82. The molecule has 2 rings (SSSR count). The van der Waals surface area contributed by atoms with Gasteiger partial charge in [-0.2, -0.15) is 5.10 Å². The Hall–Kier alpha value is -2.19. The maximum Gasteiger partial charge on any atom is 0.289 e. The van der Waals surface area contributed by atoms with E-state index in [0.717, 1.165) is 16.2 Å². The Bertz CT molecular complexity index is 672. The monoisotopic (exact) mass is 349 g/mol. The van der Waals surface area contributed by atoms with Crippen molar-refractivity contribution in [2.45, 2.75) is 19.8 Å². The van der Waals surface area contributed by atoms with Crippen LogP contribution in [0.3, 0.4) is 0 Å². The average molecular weight is 349 g/mol. The topological polar surface area (TPSA) is 88.1 Å². The number of hydrogen-bond acceptors (Lipinski definition) is 5. The number of nitrogens with one attached hydrogen (secondary N) is 1. The number of nitrogens with zero attached hydrogens (tertiary/aromatic N) is 2. The van der Waals surface area contributed by atoms with Crippen LogP contribution in [0.5, 0.6) is 0 Å². The maximum absolute atomic E-state index is 12.1. The van der Waals surface area contributed by atoms with Crippen molar-refractivity contribution >= 4 is 41.1 Å². The highest BCUT2D eigenvalue weighted by atomic mass is 32.1. The predicted octanol–water partition coefficient (Wildman–Crippen LogP) is 1.97. The first-order chi connectivity index (χ1) is 11.4. The molecule has 1 aliphatic heterocycles. The number of benzene rings is 1. The number of anilines is 1. The minimum Gasteiger partial charge on any atom is -0.384 e. The zero-order chi connectivity index (χ0) is 17.7. The molecular formula is C16H19N3O4S. The van der Waals surface area contributed by atoms with Crippen LogP contribution in [0.15, 0.2) is 29.4 Å². The molecule has 1 N–H and O–H groups in total. The molecule has 1 aliphatic rings. The van der Waals surface area contributed by atoms with Crippen molar-refractivity contribution in [2.24, 2.45) is 11.0 Å². The SMILES string of the molecule is COCCC(=O)N(C(=O)S)c1ccc(C2=NNC(=O)CC2C)cc1. The van der Waals surface area contributed by atoms with Gasteiger partial charge in [-0.15, -0.1) is 0 Å². The van der Waals surface area contributed by atoms with Gasteiger partial charge in [-0.3, -0.25) is 14.4 Å². The predicted molar refractivity (Wildman–Crippen MR) is 93.3 cm³/mol. The number of rotatable bonds is 5. The summed E-state index contributed by atoms with van der Waals surface area (Å²) in [6.07, 6.45) is 0.456. The molecule has 0 saturated heterocycles. The third-order valence-electron chi connectivity index (χ3n) is 3.64. The smallest absolute Gasteiger partial charge is 0.289 e. The standard InChI is InChI=1S/C16H19N3O4S/c1-10-9-13(20)17-18-15(10)11-3-5-12(6-4-11)19(16(22)24)14(21)7-8-23-2/h3-6,10H,7-9H2,1-2H3,(H,17,20)(H,22,24). The van der Waals surface area contributed by atoms with E-state index in [1.54, 1.807) is 24.3 Å². The van der Waals surface area contributed by atoms with E-state index in [9.17, 15) is 14.4 Å². The molecule has 1 aromatic carbocycles. The van der Waals surface area contributed by atoms with Crippen molar-refractivity contribution < 1.29 is 19.1 Å².